The third kappa shape index (κ3) is 4.14. The summed E-state index contributed by atoms with van der Waals surface area (Å²) < 4.78 is 0. The van der Waals surface area contributed by atoms with Crippen LogP contribution in [-0.2, 0) is 9.59 Å². The van der Waals surface area contributed by atoms with Crippen molar-refractivity contribution < 1.29 is 9.59 Å². The van der Waals surface area contributed by atoms with E-state index in [-0.39, 0.29) is 22.3 Å². The van der Waals surface area contributed by atoms with Crippen LogP contribution in [0.2, 0.25) is 0 Å². The van der Waals surface area contributed by atoms with E-state index in [0.29, 0.717) is 13.0 Å². The van der Waals surface area contributed by atoms with Crippen LogP contribution < -0.4 is 5.73 Å². The van der Waals surface area contributed by atoms with Crippen molar-refractivity contribution in [3.05, 3.63) is 0 Å². The average molecular weight is 244 g/mol. The Morgan fingerprint density at radius 1 is 1.69 bits per heavy atom. The minimum Gasteiger partial charge on any atom is -0.341 e. The SMILES string of the molecule is CCC(N)CCN1CC(SC(C)=O)CC1=O. The van der Waals surface area contributed by atoms with Crippen LogP contribution >= 0.6 is 11.8 Å². The molecule has 2 atom stereocenters. The quantitative estimate of drug-likeness (QED) is 0.783. The van der Waals surface area contributed by atoms with Gasteiger partial charge in [-0.05, 0) is 12.8 Å². The monoisotopic (exact) mass is 244 g/mol. The maximum Gasteiger partial charge on any atom is 0.223 e. The fourth-order valence-electron chi connectivity index (χ4n) is 1.79. The van der Waals surface area contributed by atoms with Crippen LogP contribution in [0.3, 0.4) is 0 Å². The summed E-state index contributed by atoms with van der Waals surface area (Å²) in [4.78, 5) is 24.4. The van der Waals surface area contributed by atoms with Gasteiger partial charge in [-0.1, -0.05) is 18.7 Å². The Kier molecular flexibility index (Phi) is 5.28. The molecule has 0 spiro atoms. The molecular formula is C11H20N2O2S. The number of likely N-dealkylation sites (tertiary alicyclic amines) is 1. The normalized spacial score (nSPS) is 22.6. The Balaban J connectivity index is 2.33. The molecule has 0 saturated carbocycles. The maximum absolute atomic E-state index is 11.6. The molecule has 1 rings (SSSR count). The van der Waals surface area contributed by atoms with Crippen molar-refractivity contribution in [3.8, 4) is 0 Å². The molecule has 92 valence electrons. The van der Waals surface area contributed by atoms with Gasteiger partial charge in [0.15, 0.2) is 5.12 Å². The first-order chi connectivity index (χ1) is 7.52. The van der Waals surface area contributed by atoms with Gasteiger partial charge in [0.2, 0.25) is 5.91 Å². The first-order valence-corrected chi connectivity index (χ1v) is 6.61. The lowest BCUT2D eigenvalue weighted by Crippen LogP contribution is -2.31. The van der Waals surface area contributed by atoms with Gasteiger partial charge < -0.3 is 10.6 Å². The van der Waals surface area contributed by atoms with E-state index in [2.05, 4.69) is 0 Å². The van der Waals surface area contributed by atoms with Crippen LogP contribution in [0.25, 0.3) is 0 Å². The zero-order valence-corrected chi connectivity index (χ0v) is 10.8. The lowest BCUT2D eigenvalue weighted by Gasteiger charge is -2.18. The standard InChI is InChI=1S/C11H20N2O2S/c1-3-9(12)4-5-13-7-10(6-11(13)15)16-8(2)14/h9-10H,3-7,12H2,1-2H3. The molecule has 2 unspecified atom stereocenters. The number of rotatable bonds is 5. The van der Waals surface area contributed by atoms with Gasteiger partial charge in [-0.15, -0.1) is 0 Å². The molecule has 0 aromatic rings. The van der Waals surface area contributed by atoms with E-state index >= 15 is 0 Å². The van der Waals surface area contributed by atoms with Crippen molar-refractivity contribution in [3.63, 3.8) is 0 Å². The van der Waals surface area contributed by atoms with Crippen molar-refractivity contribution in [2.45, 2.75) is 44.4 Å². The smallest absolute Gasteiger partial charge is 0.223 e. The highest BCUT2D eigenvalue weighted by molar-refractivity contribution is 8.14. The zero-order valence-electron chi connectivity index (χ0n) is 9.94. The molecule has 1 saturated heterocycles. The summed E-state index contributed by atoms with van der Waals surface area (Å²) in [6.45, 7) is 5.01. The van der Waals surface area contributed by atoms with Crippen LogP contribution in [0, 0.1) is 0 Å². The van der Waals surface area contributed by atoms with E-state index in [1.165, 1.54) is 11.8 Å². The Hall–Kier alpha value is -0.550. The van der Waals surface area contributed by atoms with Crippen molar-refractivity contribution in [1.82, 2.24) is 4.90 Å². The van der Waals surface area contributed by atoms with Crippen LogP contribution in [-0.4, -0.2) is 40.3 Å². The number of amides is 1. The summed E-state index contributed by atoms with van der Waals surface area (Å²) in [5.74, 6) is 0.155. The summed E-state index contributed by atoms with van der Waals surface area (Å²) in [6, 6.07) is 0.173. The lowest BCUT2D eigenvalue weighted by molar-refractivity contribution is -0.127. The largest absolute Gasteiger partial charge is 0.341 e. The first kappa shape index (κ1) is 13.5. The van der Waals surface area contributed by atoms with Gasteiger partial charge in [0.25, 0.3) is 0 Å². The first-order valence-electron chi connectivity index (χ1n) is 5.73. The molecule has 5 heteroatoms. The Labute approximate surface area is 101 Å². The van der Waals surface area contributed by atoms with E-state index in [1.54, 1.807) is 6.92 Å². The number of nitrogens with two attached hydrogens (primary N) is 1. The fourth-order valence-corrected chi connectivity index (χ4v) is 2.74. The van der Waals surface area contributed by atoms with E-state index in [0.717, 1.165) is 19.4 Å². The molecule has 1 amide bonds. The highest BCUT2D eigenvalue weighted by Gasteiger charge is 2.30. The fraction of sp³-hybridized carbons (Fsp3) is 0.818. The summed E-state index contributed by atoms with van der Waals surface area (Å²) in [5.41, 5.74) is 5.81. The predicted octanol–water partition coefficient (Wildman–Crippen LogP) is 0.994. The minimum atomic E-state index is 0.0879. The van der Waals surface area contributed by atoms with Gasteiger partial charge in [0.1, 0.15) is 0 Å². The molecule has 0 radical (unpaired) electrons. The van der Waals surface area contributed by atoms with Crippen molar-refractivity contribution >= 4 is 22.8 Å². The molecule has 16 heavy (non-hydrogen) atoms. The number of hydrogen-bond acceptors (Lipinski definition) is 4. The molecule has 1 aliphatic heterocycles. The second-order valence-corrected chi connectivity index (χ2v) is 5.71. The van der Waals surface area contributed by atoms with Gasteiger partial charge in [-0.25, -0.2) is 0 Å². The number of carbonyl (C=O) groups is 2. The van der Waals surface area contributed by atoms with Gasteiger partial charge in [-0.3, -0.25) is 9.59 Å². The van der Waals surface area contributed by atoms with Gasteiger partial charge in [0, 0.05) is 37.7 Å². The van der Waals surface area contributed by atoms with Crippen LogP contribution in [0.1, 0.15) is 33.1 Å². The highest BCUT2D eigenvalue weighted by Crippen LogP contribution is 2.24. The summed E-state index contributed by atoms with van der Waals surface area (Å²) in [5, 5.41) is 0.229. The molecule has 1 aliphatic rings. The van der Waals surface area contributed by atoms with Crippen LogP contribution in [0.15, 0.2) is 0 Å². The second kappa shape index (κ2) is 6.25. The molecule has 0 aromatic carbocycles. The predicted molar refractivity (Wildman–Crippen MR) is 66.1 cm³/mol. The molecule has 0 aromatic heterocycles. The number of hydrogen-bond donors (Lipinski definition) is 1. The van der Waals surface area contributed by atoms with E-state index in [9.17, 15) is 9.59 Å². The van der Waals surface area contributed by atoms with Crippen molar-refractivity contribution in [2.24, 2.45) is 5.73 Å². The molecule has 4 nitrogen and oxygen atoms in total. The Morgan fingerprint density at radius 2 is 2.38 bits per heavy atom. The number of nitrogens with zero attached hydrogens (tertiary/aromatic N) is 1. The van der Waals surface area contributed by atoms with E-state index < -0.39 is 0 Å². The Bertz CT molecular complexity index is 271. The molecule has 0 bridgehead atoms. The molecule has 1 fully saturated rings. The van der Waals surface area contributed by atoms with E-state index in [4.69, 9.17) is 5.73 Å². The molecular weight excluding hydrogens is 224 g/mol. The second-order valence-electron chi connectivity index (χ2n) is 4.23. The third-order valence-electron chi connectivity index (χ3n) is 2.81. The summed E-state index contributed by atoms with van der Waals surface area (Å²) >= 11 is 1.28. The molecule has 1 heterocycles. The van der Waals surface area contributed by atoms with Crippen LogP contribution in [0.5, 0.6) is 0 Å². The lowest BCUT2D eigenvalue weighted by atomic mass is 10.1. The summed E-state index contributed by atoms with van der Waals surface area (Å²) in [6.07, 6.45) is 2.28. The topological polar surface area (TPSA) is 63.4 Å². The minimum absolute atomic E-state index is 0.0879. The third-order valence-corrected chi connectivity index (χ3v) is 3.79. The average Bonchev–Trinajstić information content (AvgIpc) is 2.54. The highest BCUT2D eigenvalue weighted by atomic mass is 32.2. The van der Waals surface area contributed by atoms with Gasteiger partial charge in [0.05, 0.1) is 0 Å². The number of thioether (sulfide) groups is 1. The Morgan fingerprint density at radius 3 is 2.94 bits per heavy atom. The van der Waals surface area contributed by atoms with Gasteiger partial charge in [-0.2, -0.15) is 0 Å². The van der Waals surface area contributed by atoms with E-state index in [1.807, 2.05) is 11.8 Å². The van der Waals surface area contributed by atoms with Crippen molar-refractivity contribution in [2.75, 3.05) is 13.1 Å². The molecule has 0 aliphatic carbocycles. The van der Waals surface area contributed by atoms with Crippen LogP contribution in [0.4, 0.5) is 0 Å². The van der Waals surface area contributed by atoms with Gasteiger partial charge >= 0.3 is 0 Å². The zero-order chi connectivity index (χ0) is 12.1. The maximum atomic E-state index is 11.6. The summed E-state index contributed by atoms with van der Waals surface area (Å²) in [7, 11) is 0. The van der Waals surface area contributed by atoms with Crippen molar-refractivity contribution in [1.29, 1.82) is 0 Å². The number of carbonyl (C=O) groups excluding carboxylic acids is 2. The molecule has 2 N–H and O–H groups in total.